The fourth-order valence-electron chi connectivity index (χ4n) is 3.86. The Kier molecular flexibility index (Phi) is 7.86. The van der Waals surface area contributed by atoms with E-state index in [1.165, 1.54) is 18.1 Å². The van der Waals surface area contributed by atoms with Crippen LogP contribution in [0.4, 0.5) is 5.69 Å². The van der Waals surface area contributed by atoms with Gasteiger partial charge in [-0.2, -0.15) is 0 Å². The van der Waals surface area contributed by atoms with E-state index in [9.17, 15) is 9.59 Å². The minimum absolute atomic E-state index is 0.0365. The first kappa shape index (κ1) is 25.6. The van der Waals surface area contributed by atoms with Crippen LogP contribution in [0.5, 0.6) is 11.5 Å². The van der Waals surface area contributed by atoms with Crippen molar-refractivity contribution in [2.75, 3.05) is 12.0 Å². The maximum Gasteiger partial charge on any atom is 0.270 e. The second-order valence-electron chi connectivity index (χ2n) is 8.29. The van der Waals surface area contributed by atoms with Crippen molar-refractivity contribution in [3.8, 4) is 11.5 Å². The molecule has 6 nitrogen and oxygen atoms in total. The number of methoxy groups -OCH3 is 1. The number of nitrogens with one attached hydrogen (secondary N) is 1. The standard InChI is InChI=1S/C28H25BrN2O4S/c1-4-18-8-10-21(11-9-18)31-27(33)22(26(32)30-28(31)36)13-20-14-23(29)25(24(15-20)34-3)35-16-19-7-5-6-17(2)12-19/h5-15H,4,16H2,1-3H3,(H,30,32,36)/b22-13+. The highest BCUT2D eigenvalue weighted by Crippen LogP contribution is 2.38. The molecule has 1 saturated heterocycles. The Morgan fingerprint density at radius 3 is 2.47 bits per heavy atom. The third kappa shape index (κ3) is 5.50. The lowest BCUT2D eigenvalue weighted by molar-refractivity contribution is -0.122. The highest BCUT2D eigenvalue weighted by atomic mass is 79.9. The third-order valence-corrected chi connectivity index (χ3v) is 6.61. The molecule has 36 heavy (non-hydrogen) atoms. The van der Waals surface area contributed by atoms with Crippen molar-refractivity contribution in [2.24, 2.45) is 0 Å². The molecule has 1 N–H and O–H groups in total. The number of hydrogen-bond acceptors (Lipinski definition) is 5. The van der Waals surface area contributed by atoms with E-state index >= 15 is 0 Å². The van der Waals surface area contributed by atoms with Gasteiger partial charge in [-0.15, -0.1) is 0 Å². The van der Waals surface area contributed by atoms with Crippen LogP contribution in [0.1, 0.15) is 29.2 Å². The number of amides is 2. The van der Waals surface area contributed by atoms with Gasteiger partial charge in [-0.25, -0.2) is 0 Å². The maximum absolute atomic E-state index is 13.3. The molecule has 0 aromatic heterocycles. The van der Waals surface area contributed by atoms with Gasteiger partial charge in [0, 0.05) is 0 Å². The number of aryl methyl sites for hydroxylation is 2. The molecule has 0 unspecified atom stereocenters. The van der Waals surface area contributed by atoms with Crippen LogP contribution in [-0.2, 0) is 22.6 Å². The number of carbonyl (C=O) groups excluding carboxylic acids is 2. The predicted molar refractivity (Wildman–Crippen MR) is 148 cm³/mol. The van der Waals surface area contributed by atoms with E-state index in [4.69, 9.17) is 21.7 Å². The summed E-state index contributed by atoms with van der Waals surface area (Å²) < 4.78 is 12.2. The van der Waals surface area contributed by atoms with E-state index in [1.807, 2.05) is 49.4 Å². The second-order valence-corrected chi connectivity index (χ2v) is 9.53. The molecule has 1 fully saturated rings. The van der Waals surface area contributed by atoms with Crippen LogP contribution in [0.15, 0.2) is 70.7 Å². The molecular formula is C28H25BrN2O4S. The SMILES string of the molecule is CCc1ccc(N2C(=O)/C(=C/c3cc(Br)c(OCc4cccc(C)c4)c(OC)c3)C(=O)NC2=S)cc1. The lowest BCUT2D eigenvalue weighted by Crippen LogP contribution is -2.54. The van der Waals surface area contributed by atoms with Gasteiger partial charge in [-0.3, -0.25) is 19.8 Å². The molecule has 2 amide bonds. The van der Waals surface area contributed by atoms with Gasteiger partial charge < -0.3 is 9.47 Å². The molecule has 0 saturated carbocycles. The van der Waals surface area contributed by atoms with E-state index in [1.54, 1.807) is 12.1 Å². The average Bonchev–Trinajstić information content (AvgIpc) is 2.86. The maximum atomic E-state index is 13.3. The number of carbonyl (C=O) groups is 2. The normalized spacial score (nSPS) is 14.7. The molecule has 1 aliphatic rings. The number of rotatable bonds is 7. The summed E-state index contributed by atoms with van der Waals surface area (Å²) in [5.41, 5.74) is 4.46. The van der Waals surface area contributed by atoms with Crippen LogP contribution in [0.3, 0.4) is 0 Å². The minimum Gasteiger partial charge on any atom is -0.493 e. The zero-order valence-corrected chi connectivity index (χ0v) is 22.5. The molecule has 3 aromatic carbocycles. The Labute approximate surface area is 224 Å². The number of nitrogens with zero attached hydrogens (tertiary/aromatic N) is 1. The smallest absolute Gasteiger partial charge is 0.270 e. The van der Waals surface area contributed by atoms with Crippen LogP contribution in [0, 0.1) is 6.92 Å². The summed E-state index contributed by atoms with van der Waals surface area (Å²) in [4.78, 5) is 27.4. The Morgan fingerprint density at radius 2 is 1.81 bits per heavy atom. The molecule has 4 rings (SSSR count). The van der Waals surface area contributed by atoms with E-state index in [-0.39, 0.29) is 10.7 Å². The van der Waals surface area contributed by atoms with Crippen molar-refractivity contribution in [2.45, 2.75) is 26.9 Å². The van der Waals surface area contributed by atoms with Crippen LogP contribution in [0.25, 0.3) is 6.08 Å². The Bertz CT molecular complexity index is 1370. The molecule has 0 spiro atoms. The first-order valence-electron chi connectivity index (χ1n) is 11.4. The van der Waals surface area contributed by atoms with Crippen molar-refractivity contribution in [1.29, 1.82) is 0 Å². The lowest BCUT2D eigenvalue weighted by atomic mass is 10.1. The number of thiocarbonyl (C=S) groups is 1. The van der Waals surface area contributed by atoms with Crippen molar-refractivity contribution in [1.82, 2.24) is 5.32 Å². The van der Waals surface area contributed by atoms with E-state index in [0.717, 1.165) is 23.1 Å². The summed E-state index contributed by atoms with van der Waals surface area (Å²) in [7, 11) is 1.54. The number of halogens is 1. The zero-order valence-electron chi connectivity index (χ0n) is 20.1. The van der Waals surface area contributed by atoms with Crippen molar-refractivity contribution in [3.63, 3.8) is 0 Å². The fourth-order valence-corrected chi connectivity index (χ4v) is 4.72. The van der Waals surface area contributed by atoms with Gasteiger partial charge in [0.25, 0.3) is 11.8 Å². The topological polar surface area (TPSA) is 67.9 Å². The van der Waals surface area contributed by atoms with Crippen LogP contribution in [-0.4, -0.2) is 24.0 Å². The van der Waals surface area contributed by atoms with Crippen LogP contribution in [0.2, 0.25) is 0 Å². The van der Waals surface area contributed by atoms with Gasteiger partial charge in [0.05, 0.1) is 17.3 Å². The van der Waals surface area contributed by atoms with Crippen molar-refractivity contribution in [3.05, 3.63) is 93.0 Å². The van der Waals surface area contributed by atoms with Crippen molar-refractivity contribution < 1.29 is 19.1 Å². The third-order valence-electron chi connectivity index (χ3n) is 5.73. The molecule has 0 aliphatic carbocycles. The highest BCUT2D eigenvalue weighted by molar-refractivity contribution is 9.10. The van der Waals surface area contributed by atoms with E-state index < -0.39 is 11.8 Å². The second kappa shape index (κ2) is 11.1. The predicted octanol–water partition coefficient (Wildman–Crippen LogP) is 5.74. The Hall–Kier alpha value is -3.49. The summed E-state index contributed by atoms with van der Waals surface area (Å²) in [5, 5.41) is 2.66. The van der Waals surface area contributed by atoms with E-state index in [0.29, 0.717) is 33.8 Å². The van der Waals surface area contributed by atoms with Crippen molar-refractivity contribution >= 4 is 56.8 Å². The quantitative estimate of drug-likeness (QED) is 0.225. The van der Waals surface area contributed by atoms with Crippen LogP contribution < -0.4 is 19.7 Å². The monoisotopic (exact) mass is 564 g/mol. The molecular weight excluding hydrogens is 540 g/mol. The molecule has 3 aromatic rings. The first-order valence-corrected chi connectivity index (χ1v) is 12.6. The minimum atomic E-state index is -0.554. The summed E-state index contributed by atoms with van der Waals surface area (Å²) >= 11 is 8.84. The first-order chi connectivity index (χ1) is 17.3. The number of anilines is 1. The molecule has 8 heteroatoms. The fraction of sp³-hybridized carbons (Fsp3) is 0.179. The molecule has 1 aliphatic heterocycles. The molecule has 0 bridgehead atoms. The largest absolute Gasteiger partial charge is 0.493 e. The average molecular weight is 565 g/mol. The Balaban J connectivity index is 1.63. The van der Waals surface area contributed by atoms with Gasteiger partial charge in [-0.05, 0) is 88.5 Å². The number of ether oxygens (including phenoxy) is 2. The van der Waals surface area contributed by atoms with E-state index in [2.05, 4.69) is 34.2 Å². The van der Waals surface area contributed by atoms with Crippen LogP contribution >= 0.6 is 28.1 Å². The summed E-state index contributed by atoms with van der Waals surface area (Å²) in [6.45, 7) is 4.44. The summed E-state index contributed by atoms with van der Waals surface area (Å²) in [5.74, 6) is -0.0568. The zero-order chi connectivity index (χ0) is 25.8. The number of hydrogen-bond donors (Lipinski definition) is 1. The number of benzene rings is 3. The summed E-state index contributed by atoms with van der Waals surface area (Å²) in [6, 6.07) is 19.0. The van der Waals surface area contributed by atoms with Gasteiger partial charge in [0.15, 0.2) is 16.6 Å². The molecule has 0 atom stereocenters. The van der Waals surface area contributed by atoms with Gasteiger partial charge in [0.1, 0.15) is 12.2 Å². The molecule has 1 heterocycles. The highest BCUT2D eigenvalue weighted by Gasteiger charge is 2.34. The van der Waals surface area contributed by atoms with Gasteiger partial charge >= 0.3 is 0 Å². The summed E-state index contributed by atoms with van der Waals surface area (Å²) in [6.07, 6.45) is 2.40. The van der Waals surface area contributed by atoms with Gasteiger partial charge in [0.2, 0.25) is 0 Å². The molecule has 0 radical (unpaired) electrons. The molecule has 184 valence electrons. The lowest BCUT2D eigenvalue weighted by Gasteiger charge is -2.29. The van der Waals surface area contributed by atoms with Gasteiger partial charge in [-0.1, -0.05) is 48.9 Å². The Morgan fingerprint density at radius 1 is 1.06 bits per heavy atom.